The summed E-state index contributed by atoms with van der Waals surface area (Å²) in [4.78, 5) is 29.2. The molecule has 2 atom stereocenters. The normalized spacial score (nSPS) is 23.6. The third-order valence-corrected chi connectivity index (χ3v) is 5.88. The zero-order valence-corrected chi connectivity index (χ0v) is 16.1. The fourth-order valence-corrected chi connectivity index (χ4v) is 4.25. The third-order valence-electron chi connectivity index (χ3n) is 5.88. The van der Waals surface area contributed by atoms with Crippen molar-refractivity contribution >= 4 is 11.8 Å². The standard InChI is InChI=1S/C21H30N2O3/c1-15(2)23-11-9-18-14-22(10-8-17(18)13-21(23)25)20(24)12-16-4-6-19(26-3)7-5-16/h4-7,15,17-18H,8-14H2,1-3H3. The van der Waals surface area contributed by atoms with E-state index in [-0.39, 0.29) is 17.9 Å². The number of carbonyl (C=O) groups is 2. The Labute approximate surface area is 156 Å². The summed E-state index contributed by atoms with van der Waals surface area (Å²) in [6.07, 6.45) is 3.01. The van der Waals surface area contributed by atoms with E-state index < -0.39 is 0 Å². The van der Waals surface area contributed by atoms with Crippen LogP contribution in [0.15, 0.2) is 24.3 Å². The molecule has 5 nitrogen and oxygen atoms in total. The maximum Gasteiger partial charge on any atom is 0.226 e. The van der Waals surface area contributed by atoms with Crippen molar-refractivity contribution in [3.8, 4) is 5.75 Å². The highest BCUT2D eigenvalue weighted by Crippen LogP contribution is 2.33. The van der Waals surface area contributed by atoms with E-state index in [1.165, 1.54) is 0 Å². The van der Waals surface area contributed by atoms with Crippen molar-refractivity contribution in [3.63, 3.8) is 0 Å². The van der Waals surface area contributed by atoms with Crippen molar-refractivity contribution in [2.24, 2.45) is 11.8 Å². The molecule has 3 rings (SSSR count). The quantitative estimate of drug-likeness (QED) is 0.832. The van der Waals surface area contributed by atoms with Crippen LogP contribution in [0, 0.1) is 11.8 Å². The Kier molecular flexibility index (Phi) is 5.84. The SMILES string of the molecule is COc1ccc(CC(=O)N2CCC3CC(=O)N(C(C)C)CCC3C2)cc1. The lowest BCUT2D eigenvalue weighted by molar-refractivity contribution is -0.134. The van der Waals surface area contributed by atoms with Gasteiger partial charge in [0.2, 0.25) is 11.8 Å². The van der Waals surface area contributed by atoms with Gasteiger partial charge >= 0.3 is 0 Å². The Hall–Kier alpha value is -2.04. The Morgan fingerprint density at radius 3 is 2.50 bits per heavy atom. The van der Waals surface area contributed by atoms with Crippen LogP contribution >= 0.6 is 0 Å². The molecule has 2 aliphatic rings. The first kappa shape index (κ1) is 18.7. The van der Waals surface area contributed by atoms with Gasteiger partial charge in [-0.25, -0.2) is 0 Å². The number of hydrogen-bond donors (Lipinski definition) is 0. The number of carbonyl (C=O) groups excluding carboxylic acids is 2. The zero-order chi connectivity index (χ0) is 18.7. The highest BCUT2D eigenvalue weighted by molar-refractivity contribution is 5.79. The zero-order valence-electron chi connectivity index (χ0n) is 16.1. The largest absolute Gasteiger partial charge is 0.497 e. The van der Waals surface area contributed by atoms with Crippen LogP contribution in [0.1, 0.15) is 38.7 Å². The van der Waals surface area contributed by atoms with Crippen molar-refractivity contribution in [1.29, 1.82) is 0 Å². The maximum absolute atomic E-state index is 12.7. The Balaban J connectivity index is 1.59. The lowest BCUT2D eigenvalue weighted by atomic mass is 9.82. The van der Waals surface area contributed by atoms with Crippen LogP contribution in [0.5, 0.6) is 5.75 Å². The van der Waals surface area contributed by atoms with E-state index in [9.17, 15) is 9.59 Å². The second-order valence-corrected chi connectivity index (χ2v) is 7.85. The van der Waals surface area contributed by atoms with Gasteiger partial charge in [0, 0.05) is 32.1 Å². The maximum atomic E-state index is 12.7. The molecule has 0 saturated carbocycles. The van der Waals surface area contributed by atoms with Crippen molar-refractivity contribution in [1.82, 2.24) is 9.80 Å². The first-order valence-corrected chi connectivity index (χ1v) is 9.68. The first-order chi connectivity index (χ1) is 12.5. The van der Waals surface area contributed by atoms with Crippen LogP contribution in [0.4, 0.5) is 0 Å². The number of piperidine rings is 1. The molecule has 1 aromatic carbocycles. The van der Waals surface area contributed by atoms with Gasteiger partial charge in [-0.15, -0.1) is 0 Å². The number of likely N-dealkylation sites (tertiary alicyclic amines) is 2. The van der Waals surface area contributed by atoms with Crippen LogP contribution in [-0.2, 0) is 16.0 Å². The number of methoxy groups -OCH3 is 1. The van der Waals surface area contributed by atoms with E-state index >= 15 is 0 Å². The van der Waals surface area contributed by atoms with E-state index in [2.05, 4.69) is 13.8 Å². The summed E-state index contributed by atoms with van der Waals surface area (Å²) in [5.74, 6) is 2.14. The molecule has 0 spiro atoms. The summed E-state index contributed by atoms with van der Waals surface area (Å²) in [7, 11) is 1.64. The molecule has 2 unspecified atom stereocenters. The van der Waals surface area contributed by atoms with Crippen molar-refractivity contribution < 1.29 is 14.3 Å². The van der Waals surface area contributed by atoms with Gasteiger partial charge in [-0.2, -0.15) is 0 Å². The molecule has 0 bridgehead atoms. The third kappa shape index (κ3) is 4.19. The van der Waals surface area contributed by atoms with E-state index in [1.54, 1.807) is 7.11 Å². The van der Waals surface area contributed by atoms with Crippen molar-refractivity contribution in [2.45, 2.75) is 45.6 Å². The lowest BCUT2D eigenvalue weighted by Crippen LogP contribution is -2.44. The molecule has 0 aliphatic carbocycles. The Bertz CT molecular complexity index is 641. The summed E-state index contributed by atoms with van der Waals surface area (Å²) < 4.78 is 5.17. The molecule has 5 heteroatoms. The second kappa shape index (κ2) is 8.11. The number of rotatable bonds is 4. The van der Waals surface area contributed by atoms with Gasteiger partial charge in [0.15, 0.2) is 0 Å². The van der Waals surface area contributed by atoms with Crippen molar-refractivity contribution in [3.05, 3.63) is 29.8 Å². The fourth-order valence-electron chi connectivity index (χ4n) is 4.25. The first-order valence-electron chi connectivity index (χ1n) is 9.68. The molecule has 26 heavy (non-hydrogen) atoms. The molecule has 142 valence electrons. The van der Waals surface area contributed by atoms with Gasteiger partial charge in [-0.3, -0.25) is 9.59 Å². The summed E-state index contributed by atoms with van der Waals surface area (Å²) in [5.41, 5.74) is 1.01. The molecule has 1 aromatic rings. The number of benzene rings is 1. The van der Waals surface area contributed by atoms with E-state index in [0.29, 0.717) is 24.7 Å². The van der Waals surface area contributed by atoms with Gasteiger partial charge in [0.25, 0.3) is 0 Å². The van der Waals surface area contributed by atoms with Crippen LogP contribution in [0.3, 0.4) is 0 Å². The molecule has 2 aliphatic heterocycles. The minimum atomic E-state index is 0.185. The lowest BCUT2D eigenvalue weighted by Gasteiger charge is -2.37. The van der Waals surface area contributed by atoms with Gasteiger partial charge in [-0.1, -0.05) is 12.1 Å². The monoisotopic (exact) mass is 358 g/mol. The molecule has 2 amide bonds. The minimum absolute atomic E-state index is 0.185. The van der Waals surface area contributed by atoms with Gasteiger partial charge in [0.05, 0.1) is 13.5 Å². The highest BCUT2D eigenvalue weighted by Gasteiger charge is 2.36. The van der Waals surface area contributed by atoms with E-state index in [4.69, 9.17) is 4.74 Å². The average Bonchev–Trinajstić information content (AvgIpc) is 2.79. The molecule has 0 aromatic heterocycles. The average molecular weight is 358 g/mol. The summed E-state index contributed by atoms with van der Waals surface area (Å²) in [6.45, 7) is 6.54. The smallest absolute Gasteiger partial charge is 0.226 e. The van der Waals surface area contributed by atoms with Gasteiger partial charge in [0.1, 0.15) is 5.75 Å². The number of hydrogen-bond acceptors (Lipinski definition) is 3. The van der Waals surface area contributed by atoms with Gasteiger partial charge < -0.3 is 14.5 Å². The molecule has 0 radical (unpaired) electrons. The second-order valence-electron chi connectivity index (χ2n) is 7.85. The predicted octanol–water partition coefficient (Wildman–Crippen LogP) is 2.73. The Morgan fingerprint density at radius 2 is 1.85 bits per heavy atom. The Morgan fingerprint density at radius 1 is 1.15 bits per heavy atom. The number of fused-ring (bicyclic) bond motifs is 1. The summed E-state index contributed by atoms with van der Waals surface area (Å²) >= 11 is 0. The molecular weight excluding hydrogens is 328 g/mol. The van der Waals surface area contributed by atoms with Crippen LogP contribution in [0.2, 0.25) is 0 Å². The molecule has 2 saturated heterocycles. The molecule has 2 fully saturated rings. The van der Waals surface area contributed by atoms with Crippen LogP contribution in [0.25, 0.3) is 0 Å². The number of ether oxygens (including phenoxy) is 1. The number of nitrogens with zero attached hydrogens (tertiary/aromatic N) is 2. The molecule has 2 heterocycles. The summed E-state index contributed by atoms with van der Waals surface area (Å²) in [6, 6.07) is 7.96. The minimum Gasteiger partial charge on any atom is -0.497 e. The number of amides is 2. The predicted molar refractivity (Wildman–Crippen MR) is 101 cm³/mol. The topological polar surface area (TPSA) is 49.9 Å². The van der Waals surface area contributed by atoms with Gasteiger partial charge in [-0.05, 0) is 56.2 Å². The van der Waals surface area contributed by atoms with Crippen LogP contribution < -0.4 is 4.74 Å². The van der Waals surface area contributed by atoms with E-state index in [0.717, 1.165) is 43.8 Å². The molecule has 0 N–H and O–H groups in total. The molecular formula is C21H30N2O3. The van der Waals surface area contributed by atoms with Crippen LogP contribution in [-0.4, -0.2) is 54.4 Å². The van der Waals surface area contributed by atoms with Crippen molar-refractivity contribution in [2.75, 3.05) is 26.7 Å². The fraction of sp³-hybridized carbons (Fsp3) is 0.619. The summed E-state index contributed by atoms with van der Waals surface area (Å²) in [5, 5.41) is 0. The highest BCUT2D eigenvalue weighted by atomic mass is 16.5. The van der Waals surface area contributed by atoms with E-state index in [1.807, 2.05) is 34.1 Å².